The molecule has 0 radical (unpaired) electrons. The van der Waals surface area contributed by atoms with Crippen molar-refractivity contribution in [3.8, 4) is 0 Å². The summed E-state index contributed by atoms with van der Waals surface area (Å²) in [6.07, 6.45) is 3.40. The first-order valence-electron chi connectivity index (χ1n) is 9.69. The van der Waals surface area contributed by atoms with Crippen molar-refractivity contribution in [1.82, 2.24) is 15.8 Å². The summed E-state index contributed by atoms with van der Waals surface area (Å²) < 4.78 is 5.11. The van der Waals surface area contributed by atoms with Crippen molar-refractivity contribution in [2.24, 2.45) is 11.8 Å². The van der Waals surface area contributed by atoms with Gasteiger partial charge in [-0.2, -0.15) is 0 Å². The van der Waals surface area contributed by atoms with Gasteiger partial charge in [-0.1, -0.05) is 30.4 Å². The van der Waals surface area contributed by atoms with Gasteiger partial charge in [-0.05, 0) is 38.8 Å². The molecule has 1 saturated heterocycles. The first-order chi connectivity index (χ1) is 14.3. The molecule has 4 amide bonds. The van der Waals surface area contributed by atoms with E-state index in [9.17, 15) is 24.0 Å². The second-order valence-corrected chi connectivity index (χ2v) is 7.27. The van der Waals surface area contributed by atoms with Crippen molar-refractivity contribution >= 4 is 29.6 Å². The molecule has 0 unspecified atom stereocenters. The fourth-order valence-electron chi connectivity index (χ4n) is 3.52. The average Bonchev–Trinajstić information content (AvgIpc) is 3.02. The predicted molar refractivity (Wildman–Crippen MR) is 104 cm³/mol. The lowest BCUT2D eigenvalue weighted by Crippen LogP contribution is -2.49. The number of fused-ring (bicyclic) bond motifs is 1. The molecule has 2 N–H and O–H groups in total. The van der Waals surface area contributed by atoms with Gasteiger partial charge in [-0.15, -0.1) is 0 Å². The van der Waals surface area contributed by atoms with Crippen molar-refractivity contribution in [2.75, 3.05) is 0 Å². The van der Waals surface area contributed by atoms with E-state index in [2.05, 4.69) is 10.9 Å². The topological polar surface area (TPSA) is 122 Å². The fourth-order valence-corrected chi connectivity index (χ4v) is 3.52. The molecule has 9 heteroatoms. The minimum atomic E-state index is -1.24. The van der Waals surface area contributed by atoms with E-state index in [0.29, 0.717) is 18.4 Å². The van der Waals surface area contributed by atoms with E-state index in [-0.39, 0.29) is 0 Å². The molecule has 1 aromatic carbocycles. The highest BCUT2D eigenvalue weighted by Gasteiger charge is 2.50. The number of nitrogens with zero attached hydrogens (tertiary/aromatic N) is 1. The summed E-state index contributed by atoms with van der Waals surface area (Å²) in [4.78, 5) is 62.6. The number of hydrazine groups is 1. The highest BCUT2D eigenvalue weighted by Crippen LogP contribution is 2.36. The number of benzene rings is 1. The van der Waals surface area contributed by atoms with Crippen molar-refractivity contribution < 1.29 is 28.7 Å². The van der Waals surface area contributed by atoms with Crippen LogP contribution in [-0.2, 0) is 23.9 Å². The number of hydrogen-bond acceptors (Lipinski definition) is 6. The van der Waals surface area contributed by atoms with Crippen LogP contribution in [0.3, 0.4) is 0 Å². The number of amides is 4. The Morgan fingerprint density at radius 2 is 1.53 bits per heavy atom. The molecule has 1 aliphatic heterocycles. The Kier molecular flexibility index (Phi) is 6.29. The number of imide groups is 1. The van der Waals surface area contributed by atoms with Crippen molar-refractivity contribution in [2.45, 2.75) is 38.8 Å². The minimum absolute atomic E-state index is 0.345. The molecule has 0 spiro atoms. The molecule has 1 aliphatic carbocycles. The van der Waals surface area contributed by atoms with Gasteiger partial charge in [0, 0.05) is 5.56 Å². The van der Waals surface area contributed by atoms with Crippen LogP contribution in [0.2, 0.25) is 0 Å². The lowest BCUT2D eigenvalue weighted by molar-refractivity contribution is -0.164. The highest BCUT2D eigenvalue weighted by atomic mass is 16.5. The maximum atomic E-state index is 12.6. The molecule has 9 nitrogen and oxygen atoms in total. The molecular weight excluding hydrogens is 390 g/mol. The summed E-state index contributed by atoms with van der Waals surface area (Å²) in [6, 6.07) is 7.10. The van der Waals surface area contributed by atoms with Gasteiger partial charge in [-0.25, -0.2) is 4.79 Å². The highest BCUT2D eigenvalue weighted by molar-refractivity contribution is 6.08. The summed E-state index contributed by atoms with van der Waals surface area (Å²) >= 11 is 0. The molecule has 0 saturated carbocycles. The Bertz CT molecular complexity index is 871. The molecule has 2 aliphatic rings. The molecule has 0 bridgehead atoms. The maximum absolute atomic E-state index is 12.6. The van der Waals surface area contributed by atoms with Gasteiger partial charge in [0.05, 0.1) is 11.8 Å². The zero-order chi connectivity index (χ0) is 21.8. The Morgan fingerprint density at radius 3 is 2.10 bits per heavy atom. The van der Waals surface area contributed by atoms with Crippen LogP contribution in [0.4, 0.5) is 0 Å². The number of esters is 1. The number of rotatable bonds is 5. The molecule has 1 aromatic rings. The second kappa shape index (κ2) is 8.89. The number of likely N-dealkylation sites (tertiary alicyclic amines) is 1. The Balaban J connectivity index is 1.53. The van der Waals surface area contributed by atoms with Gasteiger partial charge in [0.25, 0.3) is 11.8 Å². The van der Waals surface area contributed by atoms with Crippen LogP contribution in [0.5, 0.6) is 0 Å². The molecule has 1 heterocycles. The van der Waals surface area contributed by atoms with Gasteiger partial charge in [0.1, 0.15) is 6.04 Å². The van der Waals surface area contributed by atoms with Gasteiger partial charge in [0.15, 0.2) is 6.10 Å². The number of carbonyl (C=O) groups is 5. The number of nitrogens with one attached hydrogen (secondary N) is 2. The predicted octanol–water partition coefficient (Wildman–Crippen LogP) is 0.719. The molecule has 0 aromatic heterocycles. The summed E-state index contributed by atoms with van der Waals surface area (Å²) in [5, 5.41) is 0. The van der Waals surface area contributed by atoms with E-state index in [4.69, 9.17) is 4.74 Å². The van der Waals surface area contributed by atoms with Gasteiger partial charge < -0.3 is 4.74 Å². The lowest BCUT2D eigenvalue weighted by Gasteiger charge is -2.23. The fraction of sp³-hybridized carbons (Fsp3) is 0.381. The first kappa shape index (κ1) is 21.2. The normalized spacial score (nSPS) is 22.1. The van der Waals surface area contributed by atoms with E-state index >= 15 is 0 Å². The molecule has 158 valence electrons. The number of ether oxygens (including phenoxy) is 1. The second-order valence-electron chi connectivity index (χ2n) is 7.27. The van der Waals surface area contributed by atoms with Crippen LogP contribution in [-0.4, -0.2) is 46.6 Å². The largest absolute Gasteiger partial charge is 0.451 e. The maximum Gasteiger partial charge on any atom is 0.329 e. The summed E-state index contributed by atoms with van der Waals surface area (Å²) in [7, 11) is 0. The lowest BCUT2D eigenvalue weighted by atomic mass is 9.85. The SMILES string of the molecule is C[C@@H](OC(=O)[C@H](C)N1C(=O)[C@H]2CC=CC[C@@H]2C1=O)C(=O)NNC(=O)c1ccccc1. The average molecular weight is 413 g/mol. The van der Waals surface area contributed by atoms with E-state index < -0.39 is 53.6 Å². The Labute approximate surface area is 173 Å². The first-order valence-corrected chi connectivity index (χ1v) is 9.69. The van der Waals surface area contributed by atoms with Crippen LogP contribution in [0.25, 0.3) is 0 Å². The van der Waals surface area contributed by atoms with Crippen molar-refractivity contribution in [1.29, 1.82) is 0 Å². The zero-order valence-electron chi connectivity index (χ0n) is 16.7. The number of hydrogen-bond donors (Lipinski definition) is 2. The van der Waals surface area contributed by atoms with Crippen LogP contribution in [0.1, 0.15) is 37.0 Å². The quantitative estimate of drug-likeness (QED) is 0.317. The Morgan fingerprint density at radius 1 is 0.967 bits per heavy atom. The summed E-state index contributed by atoms with van der Waals surface area (Å²) in [5.41, 5.74) is 4.76. The van der Waals surface area contributed by atoms with Gasteiger partial charge in [0.2, 0.25) is 11.8 Å². The van der Waals surface area contributed by atoms with Crippen molar-refractivity contribution in [3.63, 3.8) is 0 Å². The zero-order valence-corrected chi connectivity index (χ0v) is 16.7. The monoisotopic (exact) mass is 413 g/mol. The smallest absolute Gasteiger partial charge is 0.329 e. The van der Waals surface area contributed by atoms with E-state index in [1.807, 2.05) is 12.2 Å². The number of carbonyl (C=O) groups excluding carboxylic acids is 5. The minimum Gasteiger partial charge on any atom is -0.451 e. The summed E-state index contributed by atoms with van der Waals surface area (Å²) in [5.74, 6) is -3.85. The molecular formula is C21H23N3O6. The van der Waals surface area contributed by atoms with Crippen LogP contribution < -0.4 is 10.9 Å². The van der Waals surface area contributed by atoms with Crippen LogP contribution >= 0.6 is 0 Å². The summed E-state index contributed by atoms with van der Waals surface area (Å²) in [6.45, 7) is 2.72. The number of allylic oxidation sites excluding steroid dienone is 2. The van der Waals surface area contributed by atoms with E-state index in [1.54, 1.807) is 30.3 Å². The standard InChI is InChI=1S/C21H23N3O6/c1-12(24-19(27)15-10-6-7-11-16(15)20(24)28)21(29)30-13(2)17(25)22-23-18(26)14-8-4-3-5-9-14/h3-9,12-13,15-16H,10-11H2,1-2H3,(H,22,25)(H,23,26)/t12-,13+,15-,16-/m0/s1. The molecule has 3 rings (SSSR count). The van der Waals surface area contributed by atoms with E-state index in [1.165, 1.54) is 13.8 Å². The Hall–Kier alpha value is -3.49. The van der Waals surface area contributed by atoms with E-state index in [0.717, 1.165) is 4.90 Å². The van der Waals surface area contributed by atoms with Crippen LogP contribution in [0, 0.1) is 11.8 Å². The molecule has 30 heavy (non-hydrogen) atoms. The van der Waals surface area contributed by atoms with Gasteiger partial charge >= 0.3 is 5.97 Å². The van der Waals surface area contributed by atoms with Crippen molar-refractivity contribution in [3.05, 3.63) is 48.0 Å². The molecule has 1 fully saturated rings. The van der Waals surface area contributed by atoms with Gasteiger partial charge in [-0.3, -0.25) is 34.9 Å². The third-order valence-electron chi connectivity index (χ3n) is 5.27. The third-order valence-corrected chi connectivity index (χ3v) is 5.27. The van der Waals surface area contributed by atoms with Crippen LogP contribution in [0.15, 0.2) is 42.5 Å². The third kappa shape index (κ3) is 4.24. The molecule has 4 atom stereocenters.